The highest BCUT2D eigenvalue weighted by Crippen LogP contribution is 2.47. The maximum Gasteiger partial charge on any atom is 0.00429 e. The van der Waals surface area contributed by atoms with Crippen LogP contribution in [0.3, 0.4) is 0 Å². The van der Waals surface area contributed by atoms with Gasteiger partial charge in [-0.1, -0.05) is 0 Å². The Morgan fingerprint density at radius 1 is 1.42 bits per heavy atom. The summed E-state index contributed by atoms with van der Waals surface area (Å²) in [5.74, 6) is 2.12. The molecule has 0 aliphatic heterocycles. The van der Waals surface area contributed by atoms with Crippen molar-refractivity contribution in [2.75, 3.05) is 25.9 Å². The van der Waals surface area contributed by atoms with E-state index in [0.717, 1.165) is 11.7 Å². The largest absolute Gasteiger partial charge is 0.306 e. The van der Waals surface area contributed by atoms with E-state index in [4.69, 9.17) is 0 Å². The van der Waals surface area contributed by atoms with Gasteiger partial charge in [-0.25, -0.2) is 0 Å². The predicted octanol–water partition coefficient (Wildman–Crippen LogP) is 2.04. The Morgan fingerprint density at radius 3 is 2.50 bits per heavy atom. The van der Waals surface area contributed by atoms with E-state index in [1.807, 2.05) is 0 Å². The first-order chi connectivity index (χ1) is 5.74. The molecule has 70 valence electrons. The van der Waals surface area contributed by atoms with Gasteiger partial charge in [0.15, 0.2) is 0 Å². The molecule has 1 nitrogen and oxygen atoms in total. The molecule has 2 aliphatic carbocycles. The van der Waals surface area contributed by atoms with Crippen LogP contribution < -0.4 is 0 Å². The van der Waals surface area contributed by atoms with E-state index in [1.54, 1.807) is 0 Å². The topological polar surface area (TPSA) is 3.24 Å². The molecule has 2 saturated carbocycles. The second-order valence-electron chi connectivity index (χ2n) is 4.80. The van der Waals surface area contributed by atoms with Gasteiger partial charge < -0.3 is 4.90 Å². The van der Waals surface area contributed by atoms with Gasteiger partial charge in [0.1, 0.15) is 0 Å². The van der Waals surface area contributed by atoms with Crippen LogP contribution in [0.4, 0.5) is 0 Å². The lowest BCUT2D eigenvalue weighted by molar-refractivity contribution is 0.268. The van der Waals surface area contributed by atoms with Crippen molar-refractivity contribution in [3.63, 3.8) is 0 Å². The summed E-state index contributed by atoms with van der Waals surface area (Å²) in [7, 11) is 2.27. The van der Waals surface area contributed by atoms with Crippen LogP contribution in [0.25, 0.3) is 0 Å². The molecular weight excluding hydrogens is 166 g/mol. The van der Waals surface area contributed by atoms with Gasteiger partial charge in [0.25, 0.3) is 0 Å². The van der Waals surface area contributed by atoms with E-state index in [9.17, 15) is 0 Å². The molecule has 0 N–H and O–H groups in total. The van der Waals surface area contributed by atoms with Gasteiger partial charge in [0.05, 0.1) is 0 Å². The second-order valence-corrected chi connectivity index (χ2v) is 5.11. The Bertz CT molecular complexity index is 161. The molecule has 0 bridgehead atoms. The Labute approximate surface area is 80.9 Å². The molecule has 0 unspecified atom stereocenters. The zero-order chi connectivity index (χ0) is 8.60. The SMILES string of the molecule is CN(CC1CC1)CC1(CS)CC1. The number of rotatable bonds is 5. The first kappa shape index (κ1) is 8.89. The molecule has 12 heavy (non-hydrogen) atoms. The predicted molar refractivity (Wildman–Crippen MR) is 55.7 cm³/mol. The molecule has 2 aliphatic rings. The number of hydrogen-bond donors (Lipinski definition) is 1. The zero-order valence-corrected chi connectivity index (χ0v) is 8.82. The average molecular weight is 185 g/mol. The molecule has 0 saturated heterocycles. The maximum atomic E-state index is 4.42. The van der Waals surface area contributed by atoms with E-state index < -0.39 is 0 Å². The minimum absolute atomic E-state index is 0.618. The van der Waals surface area contributed by atoms with Gasteiger partial charge in [-0.05, 0) is 49.8 Å². The van der Waals surface area contributed by atoms with E-state index in [0.29, 0.717) is 5.41 Å². The van der Waals surface area contributed by atoms with Gasteiger partial charge in [-0.15, -0.1) is 0 Å². The third-order valence-electron chi connectivity index (χ3n) is 3.16. The van der Waals surface area contributed by atoms with Crippen molar-refractivity contribution >= 4 is 12.6 Å². The van der Waals surface area contributed by atoms with Crippen LogP contribution in [-0.2, 0) is 0 Å². The molecule has 0 atom stereocenters. The molecule has 0 aromatic heterocycles. The van der Waals surface area contributed by atoms with Crippen molar-refractivity contribution in [2.45, 2.75) is 25.7 Å². The van der Waals surface area contributed by atoms with Crippen LogP contribution in [0.1, 0.15) is 25.7 Å². The quantitative estimate of drug-likeness (QED) is 0.642. The molecule has 2 fully saturated rings. The minimum Gasteiger partial charge on any atom is -0.306 e. The average Bonchev–Trinajstić information content (AvgIpc) is 2.86. The Morgan fingerprint density at radius 2 is 2.08 bits per heavy atom. The molecule has 0 amide bonds. The Kier molecular flexibility index (Phi) is 2.39. The highest BCUT2D eigenvalue weighted by atomic mass is 32.1. The van der Waals surface area contributed by atoms with Gasteiger partial charge in [-0.3, -0.25) is 0 Å². The summed E-state index contributed by atoms with van der Waals surface area (Å²) in [6, 6.07) is 0. The molecule has 0 aromatic rings. The fourth-order valence-electron chi connectivity index (χ4n) is 1.92. The van der Waals surface area contributed by atoms with Crippen molar-refractivity contribution < 1.29 is 0 Å². The van der Waals surface area contributed by atoms with Crippen molar-refractivity contribution in [1.82, 2.24) is 4.90 Å². The van der Waals surface area contributed by atoms with Crippen molar-refractivity contribution in [2.24, 2.45) is 11.3 Å². The second kappa shape index (κ2) is 3.22. The van der Waals surface area contributed by atoms with Crippen molar-refractivity contribution in [3.05, 3.63) is 0 Å². The van der Waals surface area contributed by atoms with Crippen LogP contribution in [0, 0.1) is 11.3 Å². The third-order valence-corrected chi connectivity index (χ3v) is 3.84. The van der Waals surface area contributed by atoms with Gasteiger partial charge in [0.2, 0.25) is 0 Å². The minimum atomic E-state index is 0.618. The monoisotopic (exact) mass is 185 g/mol. The van der Waals surface area contributed by atoms with Gasteiger partial charge in [-0.2, -0.15) is 12.6 Å². The summed E-state index contributed by atoms with van der Waals surface area (Å²) in [5, 5.41) is 0. The van der Waals surface area contributed by atoms with Gasteiger partial charge in [0, 0.05) is 13.1 Å². The summed E-state index contributed by atoms with van der Waals surface area (Å²) in [6.07, 6.45) is 5.76. The standard InChI is InChI=1S/C10H19NS/c1-11(6-9-2-3-9)7-10(8-12)4-5-10/h9,12H,2-8H2,1H3. The lowest BCUT2D eigenvalue weighted by atomic mass is 10.1. The molecule has 2 rings (SSSR count). The normalized spacial score (nSPS) is 26.2. The zero-order valence-electron chi connectivity index (χ0n) is 7.92. The number of hydrogen-bond acceptors (Lipinski definition) is 2. The third kappa shape index (κ3) is 2.17. The van der Waals surface area contributed by atoms with Crippen molar-refractivity contribution in [1.29, 1.82) is 0 Å². The van der Waals surface area contributed by atoms with E-state index in [2.05, 4.69) is 24.6 Å². The summed E-state index contributed by atoms with van der Waals surface area (Å²) in [4.78, 5) is 2.51. The van der Waals surface area contributed by atoms with Crippen LogP contribution in [0.15, 0.2) is 0 Å². The molecule has 0 radical (unpaired) electrons. The van der Waals surface area contributed by atoms with Gasteiger partial charge >= 0.3 is 0 Å². The molecule has 0 aromatic carbocycles. The Balaban J connectivity index is 1.70. The smallest absolute Gasteiger partial charge is 0.00429 e. The molecule has 0 spiro atoms. The maximum absolute atomic E-state index is 4.42. The summed E-state index contributed by atoms with van der Waals surface area (Å²) in [6.45, 7) is 2.61. The number of nitrogens with zero attached hydrogens (tertiary/aromatic N) is 1. The molecule has 0 heterocycles. The highest BCUT2D eigenvalue weighted by molar-refractivity contribution is 7.80. The van der Waals surface area contributed by atoms with Crippen LogP contribution >= 0.6 is 12.6 Å². The summed E-state index contributed by atoms with van der Waals surface area (Å²) in [5.41, 5.74) is 0.618. The summed E-state index contributed by atoms with van der Waals surface area (Å²) < 4.78 is 0. The van der Waals surface area contributed by atoms with Crippen LogP contribution in [0.2, 0.25) is 0 Å². The van der Waals surface area contributed by atoms with E-state index >= 15 is 0 Å². The Hall–Kier alpha value is 0.310. The van der Waals surface area contributed by atoms with E-state index in [1.165, 1.54) is 38.8 Å². The number of thiol groups is 1. The first-order valence-corrected chi connectivity index (χ1v) is 5.67. The molecule has 2 heteroatoms. The lowest BCUT2D eigenvalue weighted by Crippen LogP contribution is -2.29. The highest BCUT2D eigenvalue weighted by Gasteiger charge is 2.42. The fraction of sp³-hybridized carbons (Fsp3) is 1.00. The lowest BCUT2D eigenvalue weighted by Gasteiger charge is -2.21. The first-order valence-electron chi connectivity index (χ1n) is 5.03. The van der Waals surface area contributed by atoms with Crippen LogP contribution in [0.5, 0.6) is 0 Å². The summed E-state index contributed by atoms with van der Waals surface area (Å²) >= 11 is 4.42. The van der Waals surface area contributed by atoms with Crippen LogP contribution in [-0.4, -0.2) is 30.8 Å². The molecular formula is C10H19NS. The van der Waals surface area contributed by atoms with Crippen molar-refractivity contribution in [3.8, 4) is 0 Å². The fourth-order valence-corrected chi connectivity index (χ4v) is 2.34. The van der Waals surface area contributed by atoms with E-state index in [-0.39, 0.29) is 0 Å².